The van der Waals surface area contributed by atoms with Crippen molar-refractivity contribution < 1.29 is 23.1 Å². The van der Waals surface area contributed by atoms with E-state index < -0.39 is 28.9 Å². The Hall–Kier alpha value is -2.21. The van der Waals surface area contributed by atoms with E-state index in [9.17, 15) is 23.1 Å². The van der Waals surface area contributed by atoms with Crippen LogP contribution in [0.3, 0.4) is 0 Å². The summed E-state index contributed by atoms with van der Waals surface area (Å²) in [5.74, 6) is -5.05. The van der Waals surface area contributed by atoms with Gasteiger partial charge in [0, 0.05) is 17.8 Å². The number of aromatic hydroxyl groups is 1. The van der Waals surface area contributed by atoms with Gasteiger partial charge in [-0.3, -0.25) is 4.79 Å². The second-order valence-corrected chi connectivity index (χ2v) is 4.27. The van der Waals surface area contributed by atoms with Crippen LogP contribution < -0.4 is 5.32 Å². The van der Waals surface area contributed by atoms with Crippen molar-refractivity contribution >= 4 is 23.2 Å². The first-order valence-electron chi connectivity index (χ1n) is 5.33. The van der Waals surface area contributed by atoms with E-state index in [4.69, 9.17) is 11.6 Å². The number of rotatable bonds is 2. The van der Waals surface area contributed by atoms with Crippen LogP contribution in [0.15, 0.2) is 30.3 Å². The van der Waals surface area contributed by atoms with Crippen LogP contribution in [-0.2, 0) is 0 Å². The van der Waals surface area contributed by atoms with Crippen LogP contribution in [0.2, 0.25) is 5.02 Å². The number of phenolic OH excluding ortho intramolecular Hbond substituents is 1. The lowest BCUT2D eigenvalue weighted by Gasteiger charge is -2.08. The third-order valence-electron chi connectivity index (χ3n) is 2.44. The van der Waals surface area contributed by atoms with Crippen LogP contribution in [0, 0.1) is 17.5 Å². The monoisotopic (exact) mass is 301 g/mol. The lowest BCUT2D eigenvalue weighted by Crippen LogP contribution is -2.16. The summed E-state index contributed by atoms with van der Waals surface area (Å²) < 4.78 is 39.5. The zero-order chi connectivity index (χ0) is 14.9. The molecule has 0 spiro atoms. The highest BCUT2D eigenvalue weighted by molar-refractivity contribution is 6.32. The molecule has 0 saturated heterocycles. The van der Waals surface area contributed by atoms with Crippen molar-refractivity contribution in [2.45, 2.75) is 0 Å². The molecule has 104 valence electrons. The molecule has 20 heavy (non-hydrogen) atoms. The molecule has 0 unspecified atom stereocenters. The predicted molar refractivity (Wildman–Crippen MR) is 67.4 cm³/mol. The van der Waals surface area contributed by atoms with Crippen molar-refractivity contribution in [2.75, 3.05) is 5.32 Å². The lowest BCUT2D eigenvalue weighted by molar-refractivity contribution is 0.101. The molecule has 0 heterocycles. The zero-order valence-electron chi connectivity index (χ0n) is 9.75. The Balaban J connectivity index is 2.31. The van der Waals surface area contributed by atoms with E-state index in [0.717, 1.165) is 0 Å². The van der Waals surface area contributed by atoms with E-state index in [1.165, 1.54) is 18.2 Å². The van der Waals surface area contributed by atoms with Crippen molar-refractivity contribution in [3.05, 3.63) is 58.4 Å². The maximum Gasteiger partial charge on any atom is 0.261 e. The fourth-order valence-corrected chi connectivity index (χ4v) is 1.72. The summed E-state index contributed by atoms with van der Waals surface area (Å²) in [6, 6.07) is 4.51. The molecule has 0 aliphatic rings. The zero-order valence-corrected chi connectivity index (χ0v) is 10.5. The number of phenols is 1. The number of carbonyl (C=O) groups excluding carboxylic acids is 1. The molecule has 0 bridgehead atoms. The van der Waals surface area contributed by atoms with Gasteiger partial charge in [0.2, 0.25) is 0 Å². The van der Waals surface area contributed by atoms with E-state index in [2.05, 4.69) is 5.32 Å². The van der Waals surface area contributed by atoms with Gasteiger partial charge in [-0.2, -0.15) is 0 Å². The fraction of sp³-hybridized carbons (Fsp3) is 0. The Labute approximate surface area is 116 Å². The summed E-state index contributed by atoms with van der Waals surface area (Å²) in [4.78, 5) is 11.7. The van der Waals surface area contributed by atoms with Crippen molar-refractivity contribution in [2.24, 2.45) is 0 Å². The summed E-state index contributed by atoms with van der Waals surface area (Å²) in [5, 5.41) is 11.4. The second-order valence-electron chi connectivity index (χ2n) is 3.86. The van der Waals surface area contributed by atoms with Crippen LogP contribution >= 0.6 is 11.6 Å². The third-order valence-corrected chi connectivity index (χ3v) is 2.74. The molecule has 0 atom stereocenters. The smallest absolute Gasteiger partial charge is 0.261 e. The molecule has 0 fully saturated rings. The fourth-order valence-electron chi connectivity index (χ4n) is 1.54. The van der Waals surface area contributed by atoms with Crippen molar-refractivity contribution in [1.29, 1.82) is 0 Å². The molecule has 0 aliphatic carbocycles. The first-order chi connectivity index (χ1) is 9.38. The number of nitrogens with one attached hydrogen (secondary N) is 1. The molecule has 0 saturated carbocycles. The average Bonchev–Trinajstić information content (AvgIpc) is 2.32. The maximum atomic E-state index is 13.4. The number of halogens is 4. The first-order valence-corrected chi connectivity index (χ1v) is 5.70. The lowest BCUT2D eigenvalue weighted by atomic mass is 10.1. The average molecular weight is 302 g/mol. The normalized spacial score (nSPS) is 10.4. The topological polar surface area (TPSA) is 49.3 Å². The minimum absolute atomic E-state index is 0.0390. The van der Waals surface area contributed by atoms with Gasteiger partial charge in [0.05, 0.1) is 5.02 Å². The third kappa shape index (κ3) is 2.85. The van der Waals surface area contributed by atoms with Gasteiger partial charge in [0.15, 0.2) is 0 Å². The molecule has 2 aromatic rings. The Morgan fingerprint density at radius 1 is 1.10 bits per heavy atom. The molecule has 2 N–H and O–H groups in total. The number of hydrogen-bond donors (Lipinski definition) is 2. The van der Waals surface area contributed by atoms with Crippen LogP contribution in [-0.4, -0.2) is 11.0 Å². The Morgan fingerprint density at radius 3 is 2.25 bits per heavy atom. The molecule has 3 nitrogen and oxygen atoms in total. The van der Waals surface area contributed by atoms with Gasteiger partial charge < -0.3 is 10.4 Å². The molecular formula is C13H7ClF3NO2. The van der Waals surface area contributed by atoms with Gasteiger partial charge in [-0.05, 0) is 18.2 Å². The van der Waals surface area contributed by atoms with Crippen LogP contribution in [0.5, 0.6) is 5.75 Å². The van der Waals surface area contributed by atoms with E-state index in [1.807, 2.05) is 0 Å². The SMILES string of the molecule is O=C(Nc1ccc(O)c(Cl)c1)c1c(F)cc(F)cc1F. The summed E-state index contributed by atoms with van der Waals surface area (Å²) in [6.45, 7) is 0. The van der Waals surface area contributed by atoms with Gasteiger partial charge in [-0.15, -0.1) is 0 Å². The molecule has 0 radical (unpaired) electrons. The van der Waals surface area contributed by atoms with E-state index in [-0.39, 0.29) is 16.5 Å². The minimum atomic E-state index is -1.31. The van der Waals surface area contributed by atoms with Crippen molar-refractivity contribution in [1.82, 2.24) is 0 Å². The molecule has 0 aliphatic heterocycles. The van der Waals surface area contributed by atoms with E-state index in [0.29, 0.717) is 12.1 Å². The van der Waals surface area contributed by atoms with Crippen molar-refractivity contribution in [3.8, 4) is 5.75 Å². The summed E-state index contributed by atoms with van der Waals surface area (Å²) >= 11 is 5.63. The van der Waals surface area contributed by atoms with Gasteiger partial charge in [-0.25, -0.2) is 13.2 Å². The highest BCUT2D eigenvalue weighted by Crippen LogP contribution is 2.26. The maximum absolute atomic E-state index is 13.4. The van der Waals surface area contributed by atoms with Crippen LogP contribution in [0.4, 0.5) is 18.9 Å². The number of hydrogen-bond acceptors (Lipinski definition) is 2. The standard InChI is InChI=1S/C13H7ClF3NO2/c14-8-5-7(1-2-11(8)19)18-13(20)12-9(16)3-6(15)4-10(12)17/h1-5,19H,(H,18,20). The van der Waals surface area contributed by atoms with Gasteiger partial charge in [-0.1, -0.05) is 11.6 Å². The molecule has 7 heteroatoms. The van der Waals surface area contributed by atoms with E-state index in [1.54, 1.807) is 0 Å². The first kappa shape index (κ1) is 14.2. The highest BCUT2D eigenvalue weighted by Gasteiger charge is 2.19. The predicted octanol–water partition coefficient (Wildman–Crippen LogP) is 3.72. The Kier molecular flexibility index (Phi) is 3.85. The highest BCUT2D eigenvalue weighted by atomic mass is 35.5. The second kappa shape index (κ2) is 5.42. The largest absolute Gasteiger partial charge is 0.506 e. The molecular weight excluding hydrogens is 295 g/mol. The number of carbonyl (C=O) groups is 1. The molecule has 0 aromatic heterocycles. The molecule has 1 amide bonds. The summed E-state index contributed by atoms with van der Waals surface area (Å²) in [5.41, 5.74) is -0.781. The Bertz CT molecular complexity index is 668. The van der Waals surface area contributed by atoms with E-state index >= 15 is 0 Å². The summed E-state index contributed by atoms with van der Waals surface area (Å²) in [7, 11) is 0. The summed E-state index contributed by atoms with van der Waals surface area (Å²) in [6.07, 6.45) is 0. The van der Waals surface area contributed by atoms with Gasteiger partial charge in [0.25, 0.3) is 5.91 Å². The number of amides is 1. The Morgan fingerprint density at radius 2 is 1.70 bits per heavy atom. The molecule has 2 rings (SSSR count). The number of anilines is 1. The van der Waals surface area contributed by atoms with Gasteiger partial charge in [0.1, 0.15) is 28.8 Å². The minimum Gasteiger partial charge on any atom is -0.506 e. The van der Waals surface area contributed by atoms with Crippen LogP contribution in [0.1, 0.15) is 10.4 Å². The van der Waals surface area contributed by atoms with Crippen LogP contribution in [0.25, 0.3) is 0 Å². The van der Waals surface area contributed by atoms with Crippen molar-refractivity contribution in [3.63, 3.8) is 0 Å². The molecule has 2 aromatic carbocycles. The number of benzene rings is 2. The van der Waals surface area contributed by atoms with Gasteiger partial charge >= 0.3 is 0 Å². The quantitative estimate of drug-likeness (QED) is 0.831.